The van der Waals surface area contributed by atoms with Crippen molar-refractivity contribution in [2.45, 2.75) is 49.2 Å². The van der Waals surface area contributed by atoms with Gasteiger partial charge in [0, 0.05) is 24.9 Å². The van der Waals surface area contributed by atoms with E-state index in [-0.39, 0.29) is 17.3 Å². The number of rotatable bonds is 6. The number of nitrogens with zero attached hydrogens (tertiary/aromatic N) is 3. The number of amides is 1. The lowest BCUT2D eigenvalue weighted by Crippen LogP contribution is -2.60. The molecule has 1 saturated heterocycles. The van der Waals surface area contributed by atoms with Crippen molar-refractivity contribution in [1.82, 2.24) is 15.3 Å². The van der Waals surface area contributed by atoms with E-state index in [4.69, 9.17) is 9.47 Å². The van der Waals surface area contributed by atoms with Crippen LogP contribution in [0.1, 0.15) is 38.5 Å². The van der Waals surface area contributed by atoms with Crippen molar-refractivity contribution in [3.8, 4) is 5.88 Å². The number of aromatic nitrogens is 2. The number of carbonyl (C=O) groups excluding carboxylic acids is 1. The van der Waals surface area contributed by atoms with E-state index < -0.39 is 33.3 Å². The molecule has 0 spiro atoms. The minimum Gasteiger partial charge on any atom is -0.465 e. The molecule has 0 radical (unpaired) electrons. The quantitative estimate of drug-likeness (QED) is 0.623. The second-order valence-corrected chi connectivity index (χ2v) is 11.8. The lowest BCUT2D eigenvalue weighted by Gasteiger charge is -2.56. The molecule has 6 rings (SSSR count). The molecule has 11 heteroatoms. The fourth-order valence-corrected chi connectivity index (χ4v) is 6.87. The average molecular weight is 469 g/mol. The lowest BCUT2D eigenvalue weighted by molar-refractivity contribution is -0.129. The number of hydrogen-bond acceptors (Lipinski definition) is 8. The molecule has 4 aliphatic carbocycles. The Bertz CT molecular complexity index is 976. The van der Waals surface area contributed by atoms with E-state index >= 15 is 4.39 Å². The van der Waals surface area contributed by atoms with Gasteiger partial charge in [0.25, 0.3) is 16.9 Å². The average Bonchev–Trinajstić information content (AvgIpc) is 2.71. The van der Waals surface area contributed by atoms with Crippen molar-refractivity contribution >= 4 is 21.6 Å². The highest BCUT2D eigenvalue weighted by Gasteiger charge is 2.51. The predicted octanol–water partition coefficient (Wildman–Crippen LogP) is 1.32. The van der Waals surface area contributed by atoms with Gasteiger partial charge in [-0.3, -0.25) is 4.79 Å². The number of sulfone groups is 1. The fraction of sp³-hybridized carbons (Fsp3) is 0.762. The smallest absolute Gasteiger partial charge is 0.258 e. The monoisotopic (exact) mass is 468 g/mol. The molecule has 9 nitrogen and oxygen atoms in total. The zero-order valence-electron chi connectivity index (χ0n) is 18.2. The van der Waals surface area contributed by atoms with Gasteiger partial charge in [0.1, 0.15) is 0 Å². The Hall–Kier alpha value is -2.01. The summed E-state index contributed by atoms with van der Waals surface area (Å²) in [6.45, 7) is 1.05. The van der Waals surface area contributed by atoms with Crippen molar-refractivity contribution in [1.29, 1.82) is 0 Å². The molecule has 1 amide bonds. The summed E-state index contributed by atoms with van der Waals surface area (Å²) in [6, 6.07) is 0. The van der Waals surface area contributed by atoms with E-state index in [0.29, 0.717) is 44.1 Å². The second kappa shape index (κ2) is 8.09. The van der Waals surface area contributed by atoms with Gasteiger partial charge in [-0.15, -0.1) is 0 Å². The summed E-state index contributed by atoms with van der Waals surface area (Å²) in [4.78, 5) is 22.0. The van der Waals surface area contributed by atoms with Crippen LogP contribution in [-0.2, 0) is 19.4 Å². The zero-order chi connectivity index (χ0) is 22.5. The van der Waals surface area contributed by atoms with Gasteiger partial charge in [-0.1, -0.05) is 0 Å². The van der Waals surface area contributed by atoms with E-state index in [0.717, 1.165) is 25.5 Å². The summed E-state index contributed by atoms with van der Waals surface area (Å²) in [5, 5.41) is 2.63. The maximum atomic E-state index is 15.1. The third-order valence-electron chi connectivity index (χ3n) is 7.21. The van der Waals surface area contributed by atoms with E-state index in [1.54, 1.807) is 4.90 Å². The molecule has 1 aromatic rings. The van der Waals surface area contributed by atoms with E-state index in [2.05, 4.69) is 15.3 Å². The normalized spacial score (nSPS) is 31.6. The highest BCUT2D eigenvalue weighted by molar-refractivity contribution is 7.90. The van der Waals surface area contributed by atoms with Crippen molar-refractivity contribution in [3.63, 3.8) is 0 Å². The zero-order valence-corrected chi connectivity index (χ0v) is 19.0. The van der Waals surface area contributed by atoms with Crippen molar-refractivity contribution in [3.05, 3.63) is 5.82 Å². The summed E-state index contributed by atoms with van der Waals surface area (Å²) in [6.07, 6.45) is 7.71. The molecule has 2 heterocycles. The van der Waals surface area contributed by atoms with Crippen molar-refractivity contribution in [2.75, 3.05) is 44.1 Å². The van der Waals surface area contributed by atoms with Crippen LogP contribution in [0.15, 0.2) is 5.16 Å². The van der Waals surface area contributed by atoms with Gasteiger partial charge >= 0.3 is 0 Å². The van der Waals surface area contributed by atoms with E-state index in [1.165, 1.54) is 19.3 Å². The number of carbonyl (C=O) groups is 1. The van der Waals surface area contributed by atoms with Crippen LogP contribution in [0.4, 0.5) is 10.2 Å². The van der Waals surface area contributed by atoms with Gasteiger partial charge < -0.3 is 19.7 Å². The second-order valence-electron chi connectivity index (χ2n) is 9.86. The van der Waals surface area contributed by atoms with Crippen LogP contribution in [0.5, 0.6) is 5.88 Å². The molecule has 0 unspecified atom stereocenters. The SMILES string of the molecule is CS(=O)(=O)c1nc(OCC(=O)NC23CC4CC(CC(C4)C2)C3)c(F)c(N2CCOCC2)n1. The van der Waals surface area contributed by atoms with Crippen LogP contribution in [-0.4, -0.2) is 69.0 Å². The van der Waals surface area contributed by atoms with Crippen LogP contribution in [0.3, 0.4) is 0 Å². The third-order valence-corrected chi connectivity index (χ3v) is 8.05. The molecule has 5 fully saturated rings. The van der Waals surface area contributed by atoms with Crippen molar-refractivity contribution in [2.24, 2.45) is 17.8 Å². The van der Waals surface area contributed by atoms with Gasteiger partial charge in [-0.05, 0) is 56.3 Å². The van der Waals surface area contributed by atoms with Gasteiger partial charge in [-0.2, -0.15) is 14.4 Å². The number of morpholine rings is 1. The first kappa shape index (κ1) is 21.8. The number of hydrogen-bond donors (Lipinski definition) is 1. The Morgan fingerprint density at radius 3 is 2.31 bits per heavy atom. The summed E-state index contributed by atoms with van der Waals surface area (Å²) >= 11 is 0. The molecule has 0 aromatic carbocycles. The molecular weight excluding hydrogens is 439 g/mol. The number of halogens is 1. The molecule has 32 heavy (non-hydrogen) atoms. The van der Waals surface area contributed by atoms with E-state index in [9.17, 15) is 13.2 Å². The fourth-order valence-electron chi connectivity index (χ4n) is 6.37. The molecular formula is C21H29FN4O5S. The molecule has 5 aliphatic rings. The first-order valence-electron chi connectivity index (χ1n) is 11.2. The summed E-state index contributed by atoms with van der Waals surface area (Å²) < 4.78 is 49.9. The van der Waals surface area contributed by atoms with Gasteiger partial charge in [-0.25, -0.2) is 8.42 Å². The molecule has 176 valence electrons. The van der Waals surface area contributed by atoms with Crippen molar-refractivity contribution < 1.29 is 27.1 Å². The number of nitrogens with one attached hydrogen (secondary N) is 1. The maximum Gasteiger partial charge on any atom is 0.258 e. The minimum absolute atomic E-state index is 0.153. The lowest BCUT2D eigenvalue weighted by atomic mass is 9.53. The number of ether oxygens (including phenoxy) is 2. The van der Waals surface area contributed by atoms with Crippen LogP contribution >= 0.6 is 0 Å². The largest absolute Gasteiger partial charge is 0.465 e. The van der Waals surface area contributed by atoms with Gasteiger partial charge in [0.15, 0.2) is 12.4 Å². The highest BCUT2D eigenvalue weighted by atomic mass is 32.2. The van der Waals surface area contributed by atoms with Crippen LogP contribution in [0.25, 0.3) is 0 Å². The Kier molecular flexibility index (Phi) is 5.51. The molecule has 1 N–H and O–H groups in total. The third kappa shape index (κ3) is 4.28. The Labute approximate surface area is 187 Å². The highest BCUT2D eigenvalue weighted by Crippen LogP contribution is 2.55. The van der Waals surface area contributed by atoms with Crippen LogP contribution in [0, 0.1) is 23.6 Å². The Morgan fingerprint density at radius 1 is 1.16 bits per heavy atom. The summed E-state index contributed by atoms with van der Waals surface area (Å²) in [7, 11) is -3.81. The number of anilines is 1. The molecule has 1 aliphatic heterocycles. The first-order chi connectivity index (χ1) is 15.2. The Morgan fingerprint density at radius 2 is 1.75 bits per heavy atom. The molecule has 4 saturated carbocycles. The summed E-state index contributed by atoms with van der Waals surface area (Å²) in [5.41, 5.74) is -0.184. The summed E-state index contributed by atoms with van der Waals surface area (Å²) in [5.74, 6) is 0.143. The first-order valence-corrected chi connectivity index (χ1v) is 13.1. The molecule has 1 aromatic heterocycles. The van der Waals surface area contributed by atoms with Gasteiger partial charge in [0.2, 0.25) is 15.7 Å². The topological polar surface area (TPSA) is 111 Å². The molecule has 4 bridgehead atoms. The van der Waals surface area contributed by atoms with Crippen LogP contribution < -0.4 is 15.0 Å². The van der Waals surface area contributed by atoms with Gasteiger partial charge in [0.05, 0.1) is 13.2 Å². The maximum absolute atomic E-state index is 15.1. The minimum atomic E-state index is -3.81. The standard InChI is InChI=1S/C21H29FN4O5S/c1-32(28,29)20-23-18(26-2-4-30-5-3-26)17(22)19(24-20)31-12-16(27)25-21-9-13-6-14(10-21)8-15(7-13)11-21/h13-15H,2-12H2,1H3,(H,25,27). The van der Waals surface area contributed by atoms with E-state index in [1.807, 2.05) is 0 Å². The predicted molar refractivity (Wildman–Crippen MR) is 113 cm³/mol. The molecule has 0 atom stereocenters. The Balaban J connectivity index is 1.31. The van der Waals surface area contributed by atoms with Crippen LogP contribution in [0.2, 0.25) is 0 Å².